The number of anilines is 2. The van der Waals surface area contributed by atoms with Crippen LogP contribution in [0.3, 0.4) is 0 Å². The molecule has 2 amide bonds. The van der Waals surface area contributed by atoms with Gasteiger partial charge in [-0.1, -0.05) is 23.7 Å². The molecule has 0 aliphatic heterocycles. The Hall–Kier alpha value is -4.17. The number of amides is 2. The first-order valence-corrected chi connectivity index (χ1v) is 10.6. The zero-order valence-electron chi connectivity index (χ0n) is 18.1. The van der Waals surface area contributed by atoms with Crippen LogP contribution in [0.5, 0.6) is 5.75 Å². The lowest BCUT2D eigenvalue weighted by molar-refractivity contribution is 0.101. The number of methoxy groups -OCH3 is 1. The molecule has 0 saturated heterocycles. The van der Waals surface area contributed by atoms with Crippen molar-refractivity contribution in [3.8, 4) is 5.75 Å². The van der Waals surface area contributed by atoms with Crippen LogP contribution in [0, 0.1) is 5.82 Å². The Labute approximate surface area is 200 Å². The predicted octanol–water partition coefficient (Wildman–Crippen LogP) is 5.24. The molecule has 0 aliphatic carbocycles. The summed E-state index contributed by atoms with van der Waals surface area (Å²) < 4.78 is 21.3. The highest BCUT2D eigenvalue weighted by Crippen LogP contribution is 2.29. The van der Waals surface area contributed by atoms with Gasteiger partial charge in [-0.3, -0.25) is 9.59 Å². The van der Waals surface area contributed by atoms with Crippen LogP contribution < -0.4 is 15.4 Å². The molecule has 0 spiro atoms. The Morgan fingerprint density at radius 3 is 2.50 bits per heavy atom. The van der Waals surface area contributed by atoms with Crippen molar-refractivity contribution in [2.75, 3.05) is 17.7 Å². The second-order valence-electron chi connectivity index (χ2n) is 7.38. The lowest BCUT2D eigenvalue weighted by Gasteiger charge is -2.13. The average molecular weight is 479 g/mol. The second-order valence-corrected chi connectivity index (χ2v) is 7.82. The normalized spacial score (nSPS) is 10.6. The SMILES string of the molecule is COc1ccc(NC(=O)c2ccc(Cn3ccnc3)cc2)cc1NC(=O)c1ccc(Cl)cc1F. The van der Waals surface area contributed by atoms with Crippen molar-refractivity contribution in [1.82, 2.24) is 9.55 Å². The standard InChI is InChI=1S/C25H20ClFN4O3/c1-34-23-9-7-19(13-22(23)30-25(33)20-8-6-18(26)12-21(20)27)29-24(32)17-4-2-16(3-5-17)14-31-11-10-28-15-31/h2-13,15H,14H2,1H3,(H,29,32)(H,30,33). The zero-order valence-corrected chi connectivity index (χ0v) is 18.8. The molecule has 0 bridgehead atoms. The summed E-state index contributed by atoms with van der Waals surface area (Å²) in [7, 11) is 1.44. The number of nitrogens with one attached hydrogen (secondary N) is 2. The van der Waals surface area contributed by atoms with Crippen LogP contribution in [0.15, 0.2) is 79.4 Å². The van der Waals surface area contributed by atoms with E-state index in [4.69, 9.17) is 16.3 Å². The van der Waals surface area contributed by atoms with Crippen molar-refractivity contribution in [2.24, 2.45) is 0 Å². The average Bonchev–Trinajstić information content (AvgIpc) is 3.32. The number of carbonyl (C=O) groups is 2. The molecule has 34 heavy (non-hydrogen) atoms. The summed E-state index contributed by atoms with van der Waals surface area (Å²) in [4.78, 5) is 29.3. The third-order valence-corrected chi connectivity index (χ3v) is 5.26. The highest BCUT2D eigenvalue weighted by molar-refractivity contribution is 6.30. The molecule has 4 rings (SSSR count). The summed E-state index contributed by atoms with van der Waals surface area (Å²) in [5.74, 6) is -1.39. The van der Waals surface area contributed by atoms with Gasteiger partial charge in [-0.25, -0.2) is 9.37 Å². The van der Waals surface area contributed by atoms with Gasteiger partial charge in [-0.15, -0.1) is 0 Å². The van der Waals surface area contributed by atoms with E-state index in [0.717, 1.165) is 11.6 Å². The molecule has 1 aromatic heterocycles. The number of aromatic nitrogens is 2. The Bertz CT molecular complexity index is 1320. The number of hydrogen-bond donors (Lipinski definition) is 2. The molecule has 0 atom stereocenters. The van der Waals surface area contributed by atoms with Crippen molar-refractivity contribution < 1.29 is 18.7 Å². The maximum Gasteiger partial charge on any atom is 0.258 e. The quantitative estimate of drug-likeness (QED) is 0.380. The first-order chi connectivity index (χ1) is 16.4. The van der Waals surface area contributed by atoms with Gasteiger partial charge in [0.15, 0.2) is 0 Å². The van der Waals surface area contributed by atoms with Crippen LogP contribution in [0.4, 0.5) is 15.8 Å². The molecule has 4 aromatic rings. The minimum absolute atomic E-state index is 0.170. The van der Waals surface area contributed by atoms with Gasteiger partial charge in [0.25, 0.3) is 11.8 Å². The number of halogens is 2. The van der Waals surface area contributed by atoms with Crippen molar-refractivity contribution >= 4 is 34.8 Å². The number of hydrogen-bond acceptors (Lipinski definition) is 4. The molecule has 0 radical (unpaired) electrons. The lowest BCUT2D eigenvalue weighted by Crippen LogP contribution is -2.16. The first-order valence-electron chi connectivity index (χ1n) is 10.2. The summed E-state index contributed by atoms with van der Waals surface area (Å²) >= 11 is 5.75. The Balaban J connectivity index is 1.47. The fourth-order valence-electron chi connectivity index (χ4n) is 3.30. The topological polar surface area (TPSA) is 85.2 Å². The molecule has 7 nitrogen and oxygen atoms in total. The summed E-state index contributed by atoms with van der Waals surface area (Å²) in [5, 5.41) is 5.59. The first kappa shape index (κ1) is 23.0. The number of nitrogens with zero attached hydrogens (tertiary/aromatic N) is 2. The van der Waals surface area contributed by atoms with E-state index >= 15 is 0 Å². The van der Waals surface area contributed by atoms with Crippen LogP contribution in [0.2, 0.25) is 5.02 Å². The van der Waals surface area contributed by atoms with Gasteiger partial charge in [-0.05, 0) is 54.1 Å². The maximum absolute atomic E-state index is 14.1. The third kappa shape index (κ3) is 5.41. The third-order valence-electron chi connectivity index (χ3n) is 5.02. The van der Waals surface area contributed by atoms with E-state index in [1.807, 2.05) is 22.9 Å². The lowest BCUT2D eigenvalue weighted by atomic mass is 10.1. The molecule has 0 saturated carbocycles. The van der Waals surface area contributed by atoms with Gasteiger partial charge >= 0.3 is 0 Å². The van der Waals surface area contributed by atoms with Gasteiger partial charge in [0.05, 0.1) is 24.7 Å². The monoisotopic (exact) mass is 478 g/mol. The zero-order chi connectivity index (χ0) is 24.1. The molecule has 172 valence electrons. The minimum Gasteiger partial charge on any atom is -0.495 e. The molecule has 0 unspecified atom stereocenters. The van der Waals surface area contributed by atoms with Crippen LogP contribution in [-0.4, -0.2) is 28.5 Å². The van der Waals surface area contributed by atoms with E-state index in [1.165, 1.54) is 25.3 Å². The van der Waals surface area contributed by atoms with Crippen LogP contribution in [0.25, 0.3) is 0 Å². The van der Waals surface area contributed by atoms with Crippen LogP contribution in [-0.2, 0) is 6.54 Å². The van der Waals surface area contributed by atoms with E-state index in [2.05, 4.69) is 15.6 Å². The summed E-state index contributed by atoms with van der Waals surface area (Å²) in [6, 6.07) is 15.8. The van der Waals surface area contributed by atoms with Crippen molar-refractivity contribution in [2.45, 2.75) is 6.54 Å². The molecule has 9 heteroatoms. The number of benzene rings is 3. The molecule has 3 aromatic carbocycles. The Morgan fingerprint density at radius 1 is 1.03 bits per heavy atom. The predicted molar refractivity (Wildman–Crippen MR) is 128 cm³/mol. The fraction of sp³-hybridized carbons (Fsp3) is 0.0800. The molecular formula is C25H20ClFN4O3. The minimum atomic E-state index is -0.745. The molecular weight excluding hydrogens is 459 g/mol. The second kappa shape index (κ2) is 10.2. The smallest absolute Gasteiger partial charge is 0.258 e. The fourth-order valence-corrected chi connectivity index (χ4v) is 3.46. The van der Waals surface area contributed by atoms with Gasteiger partial charge in [-0.2, -0.15) is 0 Å². The van der Waals surface area contributed by atoms with E-state index in [0.29, 0.717) is 23.5 Å². The van der Waals surface area contributed by atoms with E-state index in [1.54, 1.807) is 36.8 Å². The van der Waals surface area contributed by atoms with Crippen molar-refractivity contribution in [3.63, 3.8) is 0 Å². The number of ether oxygens (including phenoxy) is 1. The van der Waals surface area contributed by atoms with Gasteiger partial charge in [0, 0.05) is 35.2 Å². The molecule has 2 N–H and O–H groups in total. The van der Waals surface area contributed by atoms with Crippen LogP contribution in [0.1, 0.15) is 26.3 Å². The van der Waals surface area contributed by atoms with Crippen LogP contribution >= 0.6 is 11.6 Å². The number of rotatable bonds is 7. The number of imidazole rings is 1. The van der Waals surface area contributed by atoms with E-state index < -0.39 is 11.7 Å². The number of carbonyl (C=O) groups excluding carboxylic acids is 2. The summed E-state index contributed by atoms with van der Waals surface area (Å²) in [5.41, 5.74) is 2.03. The Kier molecular flexibility index (Phi) is 6.89. The highest BCUT2D eigenvalue weighted by atomic mass is 35.5. The van der Waals surface area contributed by atoms with Crippen molar-refractivity contribution in [1.29, 1.82) is 0 Å². The molecule has 1 heterocycles. The summed E-state index contributed by atoms with van der Waals surface area (Å²) in [6.45, 7) is 0.650. The van der Waals surface area contributed by atoms with Gasteiger partial charge in [0.2, 0.25) is 0 Å². The van der Waals surface area contributed by atoms with Gasteiger partial charge in [0.1, 0.15) is 11.6 Å². The van der Waals surface area contributed by atoms with Gasteiger partial charge < -0.3 is 19.9 Å². The summed E-state index contributed by atoms with van der Waals surface area (Å²) in [6.07, 6.45) is 5.29. The molecule has 0 fully saturated rings. The van der Waals surface area contributed by atoms with E-state index in [-0.39, 0.29) is 22.2 Å². The van der Waals surface area contributed by atoms with E-state index in [9.17, 15) is 14.0 Å². The maximum atomic E-state index is 14.1. The highest BCUT2D eigenvalue weighted by Gasteiger charge is 2.16. The largest absolute Gasteiger partial charge is 0.495 e. The van der Waals surface area contributed by atoms with Crippen molar-refractivity contribution in [3.05, 3.63) is 107 Å². The Morgan fingerprint density at radius 2 is 1.82 bits per heavy atom. The molecule has 0 aliphatic rings.